The molecule has 1 N–H and O–H groups in total. The van der Waals surface area contributed by atoms with Gasteiger partial charge in [0, 0.05) is 34.3 Å². The van der Waals surface area contributed by atoms with E-state index >= 15 is 0 Å². The third kappa shape index (κ3) is 6.00. The number of anilines is 1. The van der Waals surface area contributed by atoms with Crippen molar-refractivity contribution in [2.24, 2.45) is 0 Å². The summed E-state index contributed by atoms with van der Waals surface area (Å²) >= 11 is 5.20. The predicted octanol–water partition coefficient (Wildman–Crippen LogP) is 6.19. The first-order valence-corrected chi connectivity index (χ1v) is 11.3. The van der Waals surface area contributed by atoms with Gasteiger partial charge < -0.3 is 14.8 Å². The number of benzene rings is 2. The van der Waals surface area contributed by atoms with Gasteiger partial charge in [0.15, 0.2) is 11.5 Å². The van der Waals surface area contributed by atoms with Gasteiger partial charge in [0.2, 0.25) is 0 Å². The highest BCUT2D eigenvalue weighted by molar-refractivity contribution is 9.10. The second kappa shape index (κ2) is 11.0. The van der Waals surface area contributed by atoms with Crippen molar-refractivity contribution in [1.82, 2.24) is 4.98 Å². The average Bonchev–Trinajstić information content (AvgIpc) is 2.78. The van der Waals surface area contributed by atoms with Crippen molar-refractivity contribution in [3.05, 3.63) is 76.5 Å². The van der Waals surface area contributed by atoms with Crippen LogP contribution in [0.1, 0.15) is 29.3 Å². The number of nitrogens with zero attached hydrogens (tertiary/aromatic N) is 1. The van der Waals surface area contributed by atoms with Crippen LogP contribution in [0.5, 0.6) is 11.5 Å². The zero-order valence-corrected chi connectivity index (χ0v) is 19.3. The molecule has 0 aliphatic heterocycles. The molecule has 0 saturated heterocycles. The highest BCUT2D eigenvalue weighted by Gasteiger charge is 2.16. The zero-order valence-electron chi connectivity index (χ0n) is 16.9. The van der Waals surface area contributed by atoms with E-state index in [1.165, 1.54) is 5.56 Å². The number of pyridine rings is 1. The minimum atomic E-state index is -0.216. The van der Waals surface area contributed by atoms with Gasteiger partial charge in [0.1, 0.15) is 0 Å². The number of amides is 1. The van der Waals surface area contributed by atoms with Gasteiger partial charge in [0.25, 0.3) is 5.91 Å². The molecule has 0 atom stereocenters. The van der Waals surface area contributed by atoms with Gasteiger partial charge in [-0.2, -0.15) is 0 Å². The molecule has 3 rings (SSSR count). The predicted molar refractivity (Wildman–Crippen MR) is 125 cm³/mol. The number of methoxy groups -OCH3 is 1. The van der Waals surface area contributed by atoms with E-state index in [4.69, 9.17) is 9.47 Å². The molecule has 0 aliphatic carbocycles. The first-order chi connectivity index (χ1) is 14.6. The summed E-state index contributed by atoms with van der Waals surface area (Å²) in [6.45, 7) is 2.61. The maximum atomic E-state index is 12.7. The molecule has 0 unspecified atom stereocenters. The molecule has 5 nitrogen and oxygen atoms in total. The van der Waals surface area contributed by atoms with Crippen molar-refractivity contribution in [2.45, 2.75) is 24.0 Å². The number of rotatable bonds is 9. The van der Waals surface area contributed by atoms with Gasteiger partial charge in [-0.15, -0.1) is 11.8 Å². The maximum absolute atomic E-state index is 12.7. The van der Waals surface area contributed by atoms with Crippen LogP contribution in [-0.2, 0) is 5.75 Å². The van der Waals surface area contributed by atoms with Crippen LogP contribution in [0.15, 0.2) is 70.3 Å². The zero-order chi connectivity index (χ0) is 21.3. The van der Waals surface area contributed by atoms with Gasteiger partial charge >= 0.3 is 0 Å². The van der Waals surface area contributed by atoms with Crippen LogP contribution < -0.4 is 14.8 Å². The lowest BCUT2D eigenvalue weighted by molar-refractivity contribution is 0.102. The van der Waals surface area contributed by atoms with Crippen molar-refractivity contribution in [3.8, 4) is 11.5 Å². The molecular weight excluding hydrogens is 464 g/mol. The molecule has 0 fully saturated rings. The number of ether oxygens (including phenoxy) is 2. The Labute approximate surface area is 189 Å². The summed E-state index contributed by atoms with van der Waals surface area (Å²) < 4.78 is 11.8. The van der Waals surface area contributed by atoms with Crippen LogP contribution in [0.3, 0.4) is 0 Å². The lowest BCUT2D eigenvalue weighted by Gasteiger charge is -2.14. The number of carbonyl (C=O) groups is 1. The van der Waals surface area contributed by atoms with Crippen LogP contribution in [0.25, 0.3) is 0 Å². The van der Waals surface area contributed by atoms with Crippen molar-refractivity contribution in [1.29, 1.82) is 0 Å². The molecule has 7 heteroatoms. The van der Waals surface area contributed by atoms with E-state index in [-0.39, 0.29) is 5.91 Å². The van der Waals surface area contributed by atoms with E-state index in [1.807, 2.05) is 43.5 Å². The molecule has 0 aliphatic rings. The van der Waals surface area contributed by atoms with E-state index in [9.17, 15) is 4.79 Å². The Kier molecular flexibility index (Phi) is 8.16. The molecule has 2 aromatic carbocycles. The molecule has 0 saturated carbocycles. The van der Waals surface area contributed by atoms with E-state index in [0.29, 0.717) is 28.1 Å². The molecule has 1 amide bonds. The fourth-order valence-corrected chi connectivity index (χ4v) is 4.07. The van der Waals surface area contributed by atoms with Gasteiger partial charge in [-0.05, 0) is 70.4 Å². The molecule has 3 aromatic rings. The summed E-state index contributed by atoms with van der Waals surface area (Å²) in [5.74, 6) is 1.75. The Morgan fingerprint density at radius 3 is 2.67 bits per heavy atom. The smallest absolute Gasteiger partial charge is 0.255 e. The largest absolute Gasteiger partial charge is 0.493 e. The summed E-state index contributed by atoms with van der Waals surface area (Å²) in [5, 5.41) is 2.92. The second-order valence-corrected chi connectivity index (χ2v) is 8.37. The normalized spacial score (nSPS) is 10.5. The van der Waals surface area contributed by atoms with Crippen molar-refractivity contribution in [2.75, 3.05) is 19.0 Å². The molecule has 0 bridgehead atoms. The lowest BCUT2D eigenvalue weighted by Crippen LogP contribution is -2.12. The Morgan fingerprint density at radius 2 is 2.00 bits per heavy atom. The standard InChI is InChI=1S/C23H23BrN2O3S/c1-3-11-29-22-20(24)12-17(13-21(22)28-2)23(27)26-18-6-8-19(9-7-18)30-15-16-5-4-10-25-14-16/h4-10,12-14H,3,11,15H2,1-2H3,(H,26,27). The van der Waals surface area contributed by atoms with Gasteiger partial charge in [-0.1, -0.05) is 13.0 Å². The Hall–Kier alpha value is -2.51. The number of hydrogen-bond acceptors (Lipinski definition) is 5. The topological polar surface area (TPSA) is 60.5 Å². The SMILES string of the molecule is CCCOc1c(Br)cc(C(=O)Nc2ccc(SCc3cccnc3)cc2)cc1OC. The minimum absolute atomic E-state index is 0.216. The summed E-state index contributed by atoms with van der Waals surface area (Å²) in [6.07, 6.45) is 4.52. The van der Waals surface area contributed by atoms with E-state index in [1.54, 1.807) is 37.2 Å². The number of halogens is 1. The summed E-state index contributed by atoms with van der Waals surface area (Å²) in [5.41, 5.74) is 2.38. The molecule has 1 heterocycles. The molecule has 30 heavy (non-hydrogen) atoms. The molecule has 0 spiro atoms. The summed E-state index contributed by atoms with van der Waals surface area (Å²) in [7, 11) is 1.56. The Morgan fingerprint density at radius 1 is 1.20 bits per heavy atom. The highest BCUT2D eigenvalue weighted by Crippen LogP contribution is 2.37. The first kappa shape index (κ1) is 22.2. The van der Waals surface area contributed by atoms with Crippen molar-refractivity contribution < 1.29 is 14.3 Å². The monoisotopic (exact) mass is 486 g/mol. The van der Waals surface area contributed by atoms with Crippen molar-refractivity contribution in [3.63, 3.8) is 0 Å². The van der Waals surface area contributed by atoms with Crippen LogP contribution in [-0.4, -0.2) is 24.6 Å². The third-order valence-corrected chi connectivity index (χ3v) is 5.85. The van der Waals surface area contributed by atoms with Gasteiger partial charge in [-0.25, -0.2) is 0 Å². The first-order valence-electron chi connectivity index (χ1n) is 9.54. The third-order valence-electron chi connectivity index (χ3n) is 4.18. The minimum Gasteiger partial charge on any atom is -0.493 e. The number of nitrogens with one attached hydrogen (secondary N) is 1. The van der Waals surface area contributed by atoms with Crippen molar-refractivity contribution >= 4 is 39.3 Å². The molecule has 1 aromatic heterocycles. The fraction of sp³-hybridized carbons (Fsp3) is 0.217. The van der Waals surface area contributed by atoms with Crippen LogP contribution in [0.2, 0.25) is 0 Å². The average molecular weight is 487 g/mol. The molecular formula is C23H23BrN2O3S. The van der Waals surface area contributed by atoms with Crippen LogP contribution in [0, 0.1) is 0 Å². The number of aromatic nitrogens is 1. The Balaban J connectivity index is 1.64. The van der Waals surface area contributed by atoms with E-state index in [0.717, 1.165) is 22.8 Å². The van der Waals surface area contributed by atoms with Gasteiger partial charge in [-0.3, -0.25) is 9.78 Å². The van der Waals surface area contributed by atoms with E-state index in [2.05, 4.69) is 32.3 Å². The number of carbonyl (C=O) groups excluding carboxylic acids is 1. The van der Waals surface area contributed by atoms with E-state index < -0.39 is 0 Å². The summed E-state index contributed by atoms with van der Waals surface area (Å²) in [4.78, 5) is 18.0. The fourth-order valence-electron chi connectivity index (χ4n) is 2.68. The summed E-state index contributed by atoms with van der Waals surface area (Å²) in [6, 6.07) is 15.2. The lowest BCUT2D eigenvalue weighted by atomic mass is 10.1. The highest BCUT2D eigenvalue weighted by atomic mass is 79.9. The van der Waals surface area contributed by atoms with Crippen LogP contribution in [0.4, 0.5) is 5.69 Å². The number of thioether (sulfide) groups is 1. The van der Waals surface area contributed by atoms with Crippen LogP contribution >= 0.6 is 27.7 Å². The second-order valence-electron chi connectivity index (χ2n) is 6.47. The quantitative estimate of drug-likeness (QED) is 0.365. The number of hydrogen-bond donors (Lipinski definition) is 1. The van der Waals surface area contributed by atoms with Gasteiger partial charge in [0.05, 0.1) is 18.2 Å². The molecule has 156 valence electrons. The Bertz CT molecular complexity index is 982. The maximum Gasteiger partial charge on any atom is 0.255 e. The molecule has 0 radical (unpaired) electrons.